The molecular formula is C13H18BrNO2. The highest BCUT2D eigenvalue weighted by Crippen LogP contribution is 2.25. The van der Waals surface area contributed by atoms with E-state index in [0.717, 1.165) is 37.1 Å². The SMILES string of the molecule is CC1(NCc2ccc(O)c(Br)c2)CCOCC1. The van der Waals surface area contributed by atoms with Gasteiger partial charge in [-0.1, -0.05) is 6.07 Å². The molecule has 4 heteroatoms. The summed E-state index contributed by atoms with van der Waals surface area (Å²) in [5.74, 6) is 0.283. The monoisotopic (exact) mass is 299 g/mol. The van der Waals surface area contributed by atoms with E-state index in [1.54, 1.807) is 6.07 Å². The molecule has 1 aliphatic heterocycles. The van der Waals surface area contributed by atoms with E-state index in [0.29, 0.717) is 0 Å². The van der Waals surface area contributed by atoms with Crippen LogP contribution in [0.2, 0.25) is 0 Å². The van der Waals surface area contributed by atoms with Crippen LogP contribution in [0.25, 0.3) is 0 Å². The van der Waals surface area contributed by atoms with Crippen LogP contribution in [-0.2, 0) is 11.3 Å². The third-order valence-electron chi connectivity index (χ3n) is 3.33. The van der Waals surface area contributed by atoms with Crippen LogP contribution < -0.4 is 5.32 Å². The first-order valence-electron chi connectivity index (χ1n) is 5.89. The zero-order valence-electron chi connectivity index (χ0n) is 10.0. The lowest BCUT2D eigenvalue weighted by Crippen LogP contribution is -2.46. The predicted octanol–water partition coefficient (Wildman–Crippen LogP) is 2.81. The molecule has 0 amide bonds. The van der Waals surface area contributed by atoms with Crippen LogP contribution in [0.4, 0.5) is 0 Å². The lowest BCUT2D eigenvalue weighted by Gasteiger charge is -2.34. The van der Waals surface area contributed by atoms with Crippen LogP contribution in [0.5, 0.6) is 5.75 Å². The zero-order chi connectivity index (χ0) is 12.3. The number of phenols is 1. The first-order chi connectivity index (χ1) is 8.09. The Morgan fingerprint density at radius 2 is 2.12 bits per heavy atom. The molecule has 0 aliphatic carbocycles. The minimum absolute atomic E-state index is 0.169. The molecule has 1 fully saturated rings. The minimum Gasteiger partial charge on any atom is -0.507 e. The smallest absolute Gasteiger partial charge is 0.129 e. The summed E-state index contributed by atoms with van der Waals surface area (Å²) in [4.78, 5) is 0. The molecule has 1 aliphatic rings. The average molecular weight is 300 g/mol. The van der Waals surface area contributed by atoms with E-state index in [-0.39, 0.29) is 11.3 Å². The molecule has 1 saturated heterocycles. The molecule has 0 aromatic heterocycles. The Bertz CT molecular complexity index is 389. The van der Waals surface area contributed by atoms with Crippen molar-refractivity contribution in [2.24, 2.45) is 0 Å². The fraction of sp³-hybridized carbons (Fsp3) is 0.538. The molecule has 0 atom stereocenters. The highest BCUT2D eigenvalue weighted by atomic mass is 79.9. The topological polar surface area (TPSA) is 41.5 Å². The molecule has 1 heterocycles. The first kappa shape index (κ1) is 12.9. The van der Waals surface area contributed by atoms with Crippen LogP contribution in [0.3, 0.4) is 0 Å². The lowest BCUT2D eigenvalue weighted by atomic mass is 9.92. The van der Waals surface area contributed by atoms with Gasteiger partial charge in [-0.15, -0.1) is 0 Å². The maximum atomic E-state index is 9.43. The summed E-state index contributed by atoms with van der Waals surface area (Å²) in [5.41, 5.74) is 1.34. The predicted molar refractivity (Wildman–Crippen MR) is 71.1 cm³/mol. The van der Waals surface area contributed by atoms with Crippen LogP contribution in [0, 0.1) is 0 Å². The molecule has 3 nitrogen and oxygen atoms in total. The quantitative estimate of drug-likeness (QED) is 0.902. The van der Waals surface area contributed by atoms with Gasteiger partial charge in [0.15, 0.2) is 0 Å². The van der Waals surface area contributed by atoms with Crippen molar-refractivity contribution in [2.75, 3.05) is 13.2 Å². The highest BCUT2D eigenvalue weighted by Gasteiger charge is 2.26. The summed E-state index contributed by atoms with van der Waals surface area (Å²) in [6.07, 6.45) is 2.10. The molecule has 2 N–H and O–H groups in total. The third kappa shape index (κ3) is 3.44. The minimum atomic E-state index is 0.169. The number of hydrogen-bond acceptors (Lipinski definition) is 3. The Morgan fingerprint density at radius 1 is 1.41 bits per heavy atom. The number of phenolic OH excluding ortho intramolecular Hbond substituents is 1. The van der Waals surface area contributed by atoms with Gasteiger partial charge in [-0.25, -0.2) is 0 Å². The normalized spacial score (nSPS) is 19.2. The Kier molecular flexibility index (Phi) is 4.07. The summed E-state index contributed by atoms with van der Waals surface area (Å²) in [5, 5.41) is 13.0. The Hall–Kier alpha value is -0.580. The second-order valence-corrected chi connectivity index (χ2v) is 5.67. The fourth-order valence-electron chi connectivity index (χ4n) is 1.97. The van der Waals surface area contributed by atoms with Crippen molar-refractivity contribution >= 4 is 15.9 Å². The number of benzene rings is 1. The zero-order valence-corrected chi connectivity index (χ0v) is 11.6. The van der Waals surface area contributed by atoms with E-state index < -0.39 is 0 Å². The van der Waals surface area contributed by atoms with Gasteiger partial charge in [0.1, 0.15) is 5.75 Å². The molecule has 1 aromatic rings. The average Bonchev–Trinajstić information content (AvgIpc) is 2.32. The number of aromatic hydroxyl groups is 1. The fourth-order valence-corrected chi connectivity index (χ4v) is 2.40. The van der Waals surface area contributed by atoms with Crippen molar-refractivity contribution in [3.63, 3.8) is 0 Å². The summed E-state index contributed by atoms with van der Waals surface area (Å²) in [6.45, 7) is 4.73. The van der Waals surface area contributed by atoms with Crippen LogP contribution >= 0.6 is 15.9 Å². The van der Waals surface area contributed by atoms with Crippen molar-refractivity contribution in [3.05, 3.63) is 28.2 Å². The standard InChI is InChI=1S/C13H18BrNO2/c1-13(4-6-17-7-5-13)15-9-10-2-3-12(16)11(14)8-10/h2-3,8,15-16H,4-7,9H2,1H3. The number of halogens is 1. The second-order valence-electron chi connectivity index (χ2n) is 4.81. The Labute approximate surface area is 110 Å². The van der Waals surface area contributed by atoms with Gasteiger partial charge < -0.3 is 15.2 Å². The summed E-state index contributed by atoms with van der Waals surface area (Å²) >= 11 is 3.33. The van der Waals surface area contributed by atoms with E-state index in [1.165, 1.54) is 5.56 Å². The maximum Gasteiger partial charge on any atom is 0.129 e. The summed E-state index contributed by atoms with van der Waals surface area (Å²) < 4.78 is 6.12. The van der Waals surface area contributed by atoms with Gasteiger partial charge in [0.2, 0.25) is 0 Å². The third-order valence-corrected chi connectivity index (χ3v) is 3.96. The van der Waals surface area contributed by atoms with Gasteiger partial charge in [-0.2, -0.15) is 0 Å². The Morgan fingerprint density at radius 3 is 2.76 bits per heavy atom. The molecule has 17 heavy (non-hydrogen) atoms. The number of nitrogens with one attached hydrogen (secondary N) is 1. The molecule has 94 valence electrons. The van der Waals surface area contributed by atoms with Crippen LogP contribution in [0.1, 0.15) is 25.3 Å². The van der Waals surface area contributed by atoms with E-state index in [2.05, 4.69) is 28.2 Å². The van der Waals surface area contributed by atoms with Gasteiger partial charge in [-0.3, -0.25) is 0 Å². The Balaban J connectivity index is 1.94. The van der Waals surface area contributed by atoms with E-state index in [4.69, 9.17) is 4.74 Å². The molecule has 0 saturated carbocycles. The molecule has 0 unspecified atom stereocenters. The van der Waals surface area contributed by atoms with Crippen molar-refractivity contribution in [1.82, 2.24) is 5.32 Å². The highest BCUT2D eigenvalue weighted by molar-refractivity contribution is 9.10. The second kappa shape index (κ2) is 5.38. The number of rotatable bonds is 3. The van der Waals surface area contributed by atoms with E-state index >= 15 is 0 Å². The summed E-state index contributed by atoms with van der Waals surface area (Å²) in [6, 6.07) is 5.61. The molecule has 0 bridgehead atoms. The molecule has 0 spiro atoms. The van der Waals surface area contributed by atoms with Crippen LogP contribution in [-0.4, -0.2) is 23.9 Å². The largest absolute Gasteiger partial charge is 0.507 e. The van der Waals surface area contributed by atoms with Gasteiger partial charge >= 0.3 is 0 Å². The van der Waals surface area contributed by atoms with Crippen molar-refractivity contribution in [2.45, 2.75) is 31.8 Å². The van der Waals surface area contributed by atoms with Gasteiger partial charge in [0.05, 0.1) is 4.47 Å². The molecule has 2 rings (SSSR count). The first-order valence-corrected chi connectivity index (χ1v) is 6.69. The molecule has 0 radical (unpaired) electrons. The summed E-state index contributed by atoms with van der Waals surface area (Å²) in [7, 11) is 0. The van der Waals surface area contributed by atoms with E-state index in [9.17, 15) is 5.11 Å². The van der Waals surface area contributed by atoms with Gasteiger partial charge in [0, 0.05) is 25.3 Å². The van der Waals surface area contributed by atoms with E-state index in [1.807, 2.05) is 12.1 Å². The van der Waals surface area contributed by atoms with Gasteiger partial charge in [0.25, 0.3) is 0 Å². The molecular weight excluding hydrogens is 282 g/mol. The van der Waals surface area contributed by atoms with Crippen molar-refractivity contribution < 1.29 is 9.84 Å². The van der Waals surface area contributed by atoms with Crippen LogP contribution in [0.15, 0.2) is 22.7 Å². The van der Waals surface area contributed by atoms with Gasteiger partial charge in [-0.05, 0) is 53.4 Å². The number of hydrogen-bond donors (Lipinski definition) is 2. The lowest BCUT2D eigenvalue weighted by molar-refractivity contribution is 0.0446. The van der Waals surface area contributed by atoms with Crippen molar-refractivity contribution in [3.8, 4) is 5.75 Å². The van der Waals surface area contributed by atoms with Crippen molar-refractivity contribution in [1.29, 1.82) is 0 Å². The molecule has 1 aromatic carbocycles. The number of ether oxygens (including phenoxy) is 1. The maximum absolute atomic E-state index is 9.43.